The lowest BCUT2D eigenvalue weighted by atomic mass is 9.99. The number of aliphatic hydroxyl groups is 5. The normalized spacial score (nSPS) is 21.1. The lowest BCUT2D eigenvalue weighted by Crippen LogP contribution is -2.60. The Balaban J connectivity index is 2.15. The molecule has 0 aromatic rings. The van der Waals surface area contributed by atoms with Crippen molar-refractivity contribution in [1.29, 1.82) is 0 Å². The molecule has 7 atom stereocenters. The number of carbonyl (C=O) groups excluding carboxylic acids is 1. The van der Waals surface area contributed by atoms with Crippen LogP contribution in [0.3, 0.4) is 0 Å². The molecule has 0 aromatic carbocycles. The van der Waals surface area contributed by atoms with Gasteiger partial charge in [-0.1, -0.05) is 190 Å². The van der Waals surface area contributed by atoms with E-state index in [2.05, 4.69) is 67.8 Å². The van der Waals surface area contributed by atoms with Crippen LogP contribution in [-0.4, -0.2) is 87.5 Å². The van der Waals surface area contributed by atoms with Crippen LogP contribution >= 0.6 is 0 Å². The molecular formula is C51H91NO8. The fraction of sp³-hybridized carbons (Fsp3) is 0.784. The van der Waals surface area contributed by atoms with E-state index in [1.54, 1.807) is 6.08 Å². The third-order valence-corrected chi connectivity index (χ3v) is 11.3. The molecule has 9 heteroatoms. The maximum absolute atomic E-state index is 12.9. The first-order valence-electron chi connectivity index (χ1n) is 24.5. The van der Waals surface area contributed by atoms with Gasteiger partial charge in [0.25, 0.3) is 0 Å². The summed E-state index contributed by atoms with van der Waals surface area (Å²) in [6.45, 7) is 3.66. The number of unbranched alkanes of at least 4 members (excludes halogenated alkanes) is 22. The minimum Gasteiger partial charge on any atom is -0.394 e. The Hall–Kier alpha value is -2.11. The Morgan fingerprint density at radius 3 is 1.57 bits per heavy atom. The maximum atomic E-state index is 12.9. The molecule has 348 valence electrons. The molecule has 0 radical (unpaired) electrons. The average molecular weight is 846 g/mol. The van der Waals surface area contributed by atoms with Gasteiger partial charge in [0.15, 0.2) is 6.29 Å². The van der Waals surface area contributed by atoms with Gasteiger partial charge in [0.05, 0.1) is 25.4 Å². The monoisotopic (exact) mass is 846 g/mol. The molecule has 1 saturated heterocycles. The van der Waals surface area contributed by atoms with Crippen molar-refractivity contribution >= 4 is 5.91 Å². The molecule has 9 nitrogen and oxygen atoms in total. The van der Waals surface area contributed by atoms with Crippen LogP contribution in [0.25, 0.3) is 0 Å². The molecule has 1 amide bonds. The summed E-state index contributed by atoms with van der Waals surface area (Å²) >= 11 is 0. The van der Waals surface area contributed by atoms with Gasteiger partial charge in [-0.2, -0.15) is 0 Å². The van der Waals surface area contributed by atoms with Gasteiger partial charge in [0, 0.05) is 6.42 Å². The highest BCUT2D eigenvalue weighted by atomic mass is 16.7. The highest BCUT2D eigenvalue weighted by Gasteiger charge is 2.44. The van der Waals surface area contributed by atoms with Crippen molar-refractivity contribution in [2.45, 2.75) is 243 Å². The number of aliphatic hydroxyl groups excluding tert-OH is 5. The molecule has 0 aromatic heterocycles. The van der Waals surface area contributed by atoms with E-state index < -0.39 is 49.5 Å². The second kappa shape index (κ2) is 40.9. The van der Waals surface area contributed by atoms with Crippen LogP contribution in [0, 0.1) is 0 Å². The van der Waals surface area contributed by atoms with E-state index in [1.807, 2.05) is 6.08 Å². The Kier molecular flexibility index (Phi) is 38.1. The zero-order chi connectivity index (χ0) is 43.7. The Bertz CT molecular complexity index is 1120. The van der Waals surface area contributed by atoms with Crippen LogP contribution in [0.1, 0.15) is 200 Å². The highest BCUT2D eigenvalue weighted by Crippen LogP contribution is 2.22. The van der Waals surface area contributed by atoms with Gasteiger partial charge >= 0.3 is 0 Å². The quantitative estimate of drug-likeness (QED) is 0.0264. The molecule has 1 aliphatic rings. The summed E-state index contributed by atoms with van der Waals surface area (Å²) in [4.78, 5) is 12.9. The van der Waals surface area contributed by atoms with Gasteiger partial charge in [0.2, 0.25) is 5.91 Å². The van der Waals surface area contributed by atoms with Gasteiger partial charge in [0.1, 0.15) is 24.4 Å². The number of hydrogen-bond donors (Lipinski definition) is 6. The molecule has 0 spiro atoms. The smallest absolute Gasteiger partial charge is 0.220 e. The number of nitrogens with one attached hydrogen (secondary N) is 1. The van der Waals surface area contributed by atoms with Crippen molar-refractivity contribution in [2.75, 3.05) is 13.2 Å². The first-order chi connectivity index (χ1) is 29.3. The number of carbonyl (C=O) groups is 1. The predicted octanol–water partition coefficient (Wildman–Crippen LogP) is 10.8. The molecular weight excluding hydrogens is 755 g/mol. The van der Waals surface area contributed by atoms with Crippen LogP contribution in [0.4, 0.5) is 0 Å². The summed E-state index contributed by atoms with van der Waals surface area (Å²) in [5, 5.41) is 53.9. The summed E-state index contributed by atoms with van der Waals surface area (Å²) in [6.07, 6.45) is 47.3. The topological polar surface area (TPSA) is 149 Å². The van der Waals surface area contributed by atoms with E-state index in [9.17, 15) is 30.3 Å². The molecule has 7 unspecified atom stereocenters. The zero-order valence-corrected chi connectivity index (χ0v) is 38.2. The molecule has 1 rings (SSSR count). The van der Waals surface area contributed by atoms with E-state index in [0.29, 0.717) is 6.42 Å². The molecule has 0 aliphatic carbocycles. The van der Waals surface area contributed by atoms with E-state index in [1.165, 1.54) is 116 Å². The van der Waals surface area contributed by atoms with Crippen molar-refractivity contribution in [3.8, 4) is 0 Å². The zero-order valence-electron chi connectivity index (χ0n) is 38.2. The van der Waals surface area contributed by atoms with E-state index in [-0.39, 0.29) is 12.5 Å². The molecule has 0 saturated carbocycles. The largest absolute Gasteiger partial charge is 0.394 e. The van der Waals surface area contributed by atoms with E-state index >= 15 is 0 Å². The minimum atomic E-state index is -1.57. The molecule has 0 bridgehead atoms. The van der Waals surface area contributed by atoms with Crippen LogP contribution in [0.5, 0.6) is 0 Å². The SMILES string of the molecule is CCCC/C=C/CC/C=C/C(O)C(COC1OC(CO)C(O)C(O)C1O)NC(=O)CCCCCCCCCCCCCCCC/C=C\C/C=C\C/C=C\CCCCCCC. The summed E-state index contributed by atoms with van der Waals surface area (Å²) in [5.41, 5.74) is 0. The number of allylic oxidation sites excluding steroid dienone is 9. The number of amides is 1. The number of rotatable bonds is 40. The van der Waals surface area contributed by atoms with Crippen LogP contribution in [-0.2, 0) is 14.3 Å². The third kappa shape index (κ3) is 30.8. The second-order valence-electron chi connectivity index (χ2n) is 16.9. The summed E-state index contributed by atoms with van der Waals surface area (Å²) in [6, 6.07) is -0.821. The fourth-order valence-electron chi connectivity index (χ4n) is 7.34. The number of ether oxygens (including phenoxy) is 2. The van der Waals surface area contributed by atoms with E-state index in [0.717, 1.165) is 64.2 Å². The third-order valence-electron chi connectivity index (χ3n) is 11.3. The first kappa shape index (κ1) is 55.9. The van der Waals surface area contributed by atoms with Crippen molar-refractivity contribution in [2.24, 2.45) is 0 Å². The molecule has 6 N–H and O–H groups in total. The van der Waals surface area contributed by atoms with Gasteiger partial charge in [-0.15, -0.1) is 0 Å². The molecule has 1 fully saturated rings. The first-order valence-corrected chi connectivity index (χ1v) is 24.5. The van der Waals surface area contributed by atoms with Crippen molar-refractivity contribution in [3.63, 3.8) is 0 Å². The van der Waals surface area contributed by atoms with Crippen LogP contribution in [0.2, 0.25) is 0 Å². The predicted molar refractivity (Wildman–Crippen MR) is 249 cm³/mol. The van der Waals surface area contributed by atoms with Gasteiger partial charge < -0.3 is 40.3 Å². The highest BCUT2D eigenvalue weighted by molar-refractivity contribution is 5.76. The van der Waals surface area contributed by atoms with Crippen molar-refractivity contribution in [1.82, 2.24) is 5.32 Å². The molecule has 60 heavy (non-hydrogen) atoms. The Labute approximate surface area is 366 Å². The van der Waals surface area contributed by atoms with Crippen LogP contribution < -0.4 is 5.32 Å². The minimum absolute atomic E-state index is 0.193. The van der Waals surface area contributed by atoms with Crippen molar-refractivity contribution < 1.29 is 39.8 Å². The lowest BCUT2D eigenvalue weighted by molar-refractivity contribution is -0.302. The molecule has 1 heterocycles. The summed E-state index contributed by atoms with van der Waals surface area (Å²) in [5.74, 6) is -0.193. The van der Waals surface area contributed by atoms with E-state index in [4.69, 9.17) is 9.47 Å². The molecule has 1 aliphatic heterocycles. The standard InChI is InChI=1S/C51H91NO8/c1-3-5-7-9-11-13-14-15-16-17-18-19-20-21-22-23-24-25-26-27-28-29-30-31-32-33-35-37-39-41-47(55)52-44(45(54)40-38-36-34-12-10-8-6-4-2)43-59-51-50(58)49(57)48(56)46(42-53)60-51/h10,12,14-15,17-18,20-21,38,40,44-46,48-51,53-54,56-58H,3-9,11,13,16,19,22-37,39,41-43H2,1-2H3,(H,52,55)/b12-10+,15-14-,18-17-,21-20-,40-38+. The van der Waals surface area contributed by atoms with Crippen molar-refractivity contribution in [3.05, 3.63) is 60.8 Å². The van der Waals surface area contributed by atoms with Gasteiger partial charge in [-0.25, -0.2) is 0 Å². The maximum Gasteiger partial charge on any atom is 0.220 e. The summed E-state index contributed by atoms with van der Waals surface area (Å²) in [7, 11) is 0. The van der Waals surface area contributed by atoms with Crippen LogP contribution in [0.15, 0.2) is 60.8 Å². The van der Waals surface area contributed by atoms with Gasteiger partial charge in [-0.3, -0.25) is 4.79 Å². The summed E-state index contributed by atoms with van der Waals surface area (Å²) < 4.78 is 11.2. The fourth-order valence-corrected chi connectivity index (χ4v) is 7.34. The Morgan fingerprint density at radius 2 is 1.02 bits per heavy atom. The average Bonchev–Trinajstić information content (AvgIpc) is 3.25. The number of hydrogen-bond acceptors (Lipinski definition) is 8. The Morgan fingerprint density at radius 1 is 0.567 bits per heavy atom. The lowest BCUT2D eigenvalue weighted by Gasteiger charge is -2.40. The second-order valence-corrected chi connectivity index (χ2v) is 16.9. The van der Waals surface area contributed by atoms with Gasteiger partial charge in [-0.05, 0) is 64.2 Å².